The Kier molecular flexibility index (Phi) is 5.22. The lowest BCUT2D eigenvalue weighted by molar-refractivity contribution is 0.504. The van der Waals surface area contributed by atoms with Crippen LogP contribution in [0.15, 0.2) is 41.0 Å². The molecule has 2 aromatic rings. The van der Waals surface area contributed by atoms with Gasteiger partial charge in [-0.3, -0.25) is 4.68 Å². The van der Waals surface area contributed by atoms with E-state index in [0.717, 1.165) is 17.3 Å². The summed E-state index contributed by atoms with van der Waals surface area (Å²) in [6.45, 7) is 4.32. The Morgan fingerprint density at radius 3 is 2.53 bits per heavy atom. The van der Waals surface area contributed by atoms with E-state index in [4.69, 9.17) is 0 Å². The number of hydrogen-bond donors (Lipinski definition) is 0. The van der Waals surface area contributed by atoms with Gasteiger partial charge in [0.05, 0.1) is 16.4 Å². The number of benzene rings is 1. The largest absolute Gasteiger partial charge is 0.266 e. The second-order valence-corrected chi connectivity index (χ2v) is 6.85. The van der Waals surface area contributed by atoms with Gasteiger partial charge in [0.25, 0.3) is 0 Å². The quantitative estimate of drug-likeness (QED) is 0.639. The molecule has 0 aliphatic carbocycles. The van der Waals surface area contributed by atoms with Crippen LogP contribution in [0, 0.1) is 0 Å². The molecule has 102 valence electrons. The molecule has 0 aliphatic rings. The highest BCUT2D eigenvalue weighted by Gasteiger charge is 2.14. The lowest BCUT2D eigenvalue weighted by Crippen LogP contribution is -2.08. The fourth-order valence-electron chi connectivity index (χ4n) is 2.14. The summed E-state index contributed by atoms with van der Waals surface area (Å²) < 4.78 is 3.20. The van der Waals surface area contributed by atoms with Crippen LogP contribution in [0.4, 0.5) is 0 Å². The van der Waals surface area contributed by atoms with Gasteiger partial charge in [-0.25, -0.2) is 0 Å². The van der Waals surface area contributed by atoms with E-state index < -0.39 is 0 Å². The van der Waals surface area contributed by atoms with E-state index in [1.165, 1.54) is 11.3 Å². The fraction of sp³-hybridized carbons (Fsp3) is 0.400. The third kappa shape index (κ3) is 3.69. The molecule has 0 spiro atoms. The maximum Gasteiger partial charge on any atom is 0.0635 e. The minimum Gasteiger partial charge on any atom is -0.266 e. The first-order valence-corrected chi connectivity index (χ1v) is 8.21. The van der Waals surface area contributed by atoms with Crippen molar-refractivity contribution in [2.45, 2.75) is 37.6 Å². The van der Waals surface area contributed by atoms with Crippen LogP contribution in [-0.2, 0) is 6.42 Å². The Labute approximate surface area is 131 Å². The predicted octanol–water partition coefficient (Wildman–Crippen LogP) is 5.30. The van der Waals surface area contributed by atoms with Gasteiger partial charge in [-0.05, 0) is 48.2 Å². The average molecular weight is 386 g/mol. The van der Waals surface area contributed by atoms with E-state index in [0.29, 0.717) is 10.9 Å². The molecule has 1 aromatic carbocycles. The van der Waals surface area contributed by atoms with Crippen molar-refractivity contribution in [1.29, 1.82) is 0 Å². The van der Waals surface area contributed by atoms with Crippen LogP contribution in [0.25, 0.3) is 0 Å². The van der Waals surface area contributed by atoms with Crippen molar-refractivity contribution in [2.24, 2.45) is 0 Å². The number of hydrogen-bond acceptors (Lipinski definition) is 1. The molecule has 4 heteroatoms. The van der Waals surface area contributed by atoms with Gasteiger partial charge < -0.3 is 0 Å². The molecule has 0 bridgehead atoms. The topological polar surface area (TPSA) is 17.8 Å². The Hall–Kier alpha value is -0.610. The van der Waals surface area contributed by atoms with Gasteiger partial charge in [-0.15, -0.1) is 0 Å². The Morgan fingerprint density at radius 2 is 1.89 bits per heavy atom. The zero-order valence-corrected chi connectivity index (χ0v) is 14.4. The van der Waals surface area contributed by atoms with Crippen molar-refractivity contribution >= 4 is 31.9 Å². The van der Waals surface area contributed by atoms with E-state index >= 15 is 0 Å². The fourth-order valence-corrected chi connectivity index (χ4v) is 3.14. The zero-order valence-electron chi connectivity index (χ0n) is 11.2. The molecule has 0 amide bonds. The Balaban J connectivity index is 2.05. The van der Waals surface area contributed by atoms with E-state index in [-0.39, 0.29) is 0 Å². The summed E-state index contributed by atoms with van der Waals surface area (Å²) in [5, 5.41) is 4.42. The summed E-state index contributed by atoms with van der Waals surface area (Å²) >= 11 is 7.37. The van der Waals surface area contributed by atoms with Crippen LogP contribution in [-0.4, -0.2) is 9.78 Å². The van der Waals surface area contributed by atoms with Gasteiger partial charge in [-0.1, -0.05) is 46.3 Å². The second kappa shape index (κ2) is 6.71. The first kappa shape index (κ1) is 14.8. The SMILES string of the molecule is CC(C)n1ncc(Br)c1CCC(Br)c1ccccc1. The highest BCUT2D eigenvalue weighted by atomic mass is 79.9. The van der Waals surface area contributed by atoms with E-state index in [1.807, 2.05) is 12.3 Å². The third-order valence-corrected chi connectivity index (χ3v) is 4.78. The molecule has 1 heterocycles. The van der Waals surface area contributed by atoms with Crippen LogP contribution in [0.3, 0.4) is 0 Å². The standard InChI is InChI=1S/C15H18Br2N2/c1-11(2)19-15(14(17)10-18-19)9-8-13(16)12-6-4-3-5-7-12/h3-7,10-11,13H,8-9H2,1-2H3. The minimum absolute atomic E-state index is 0.385. The molecule has 0 aliphatic heterocycles. The number of aromatic nitrogens is 2. The molecule has 0 saturated carbocycles. The average Bonchev–Trinajstić information content (AvgIpc) is 2.78. The predicted molar refractivity (Wildman–Crippen MR) is 86.7 cm³/mol. The molecule has 1 atom stereocenters. The van der Waals surface area contributed by atoms with Gasteiger partial charge in [0.15, 0.2) is 0 Å². The molecular formula is C15H18Br2N2. The van der Waals surface area contributed by atoms with Gasteiger partial charge >= 0.3 is 0 Å². The van der Waals surface area contributed by atoms with E-state index in [1.54, 1.807) is 0 Å². The van der Waals surface area contributed by atoms with Crippen LogP contribution in [0.2, 0.25) is 0 Å². The summed E-state index contributed by atoms with van der Waals surface area (Å²) in [5.74, 6) is 0. The zero-order chi connectivity index (χ0) is 13.8. The lowest BCUT2D eigenvalue weighted by atomic mass is 10.1. The molecule has 0 saturated heterocycles. The molecule has 0 N–H and O–H groups in total. The first-order chi connectivity index (χ1) is 9.09. The molecular weight excluding hydrogens is 368 g/mol. The summed E-state index contributed by atoms with van der Waals surface area (Å²) in [5.41, 5.74) is 2.60. The van der Waals surface area contributed by atoms with Crippen molar-refractivity contribution in [1.82, 2.24) is 9.78 Å². The minimum atomic E-state index is 0.385. The maximum atomic E-state index is 4.42. The van der Waals surface area contributed by atoms with Gasteiger partial charge in [-0.2, -0.15) is 5.10 Å². The molecule has 0 radical (unpaired) electrons. The molecule has 1 unspecified atom stereocenters. The third-order valence-electron chi connectivity index (χ3n) is 3.13. The van der Waals surface area contributed by atoms with Crippen LogP contribution >= 0.6 is 31.9 Å². The van der Waals surface area contributed by atoms with Crippen molar-refractivity contribution in [3.05, 3.63) is 52.3 Å². The summed E-state index contributed by atoms with van der Waals surface area (Å²) in [7, 11) is 0. The maximum absolute atomic E-state index is 4.42. The van der Waals surface area contributed by atoms with E-state index in [9.17, 15) is 0 Å². The normalized spacial score (nSPS) is 12.9. The number of alkyl halides is 1. The highest BCUT2D eigenvalue weighted by Crippen LogP contribution is 2.30. The summed E-state index contributed by atoms with van der Waals surface area (Å²) in [6, 6.07) is 10.9. The summed E-state index contributed by atoms with van der Waals surface area (Å²) in [4.78, 5) is 0.385. The van der Waals surface area contributed by atoms with Gasteiger partial charge in [0, 0.05) is 10.9 Å². The Bertz CT molecular complexity index is 520. The van der Waals surface area contributed by atoms with E-state index in [2.05, 4.69) is 79.8 Å². The second-order valence-electron chi connectivity index (χ2n) is 4.89. The highest BCUT2D eigenvalue weighted by molar-refractivity contribution is 9.10. The number of rotatable bonds is 5. The molecule has 2 nitrogen and oxygen atoms in total. The number of halogens is 2. The smallest absolute Gasteiger partial charge is 0.0635 e. The van der Waals surface area contributed by atoms with Gasteiger partial charge in [0.2, 0.25) is 0 Å². The molecule has 19 heavy (non-hydrogen) atoms. The van der Waals surface area contributed by atoms with Crippen LogP contribution < -0.4 is 0 Å². The van der Waals surface area contributed by atoms with Crippen molar-refractivity contribution in [3.8, 4) is 0 Å². The molecule has 2 rings (SSSR count). The van der Waals surface area contributed by atoms with Crippen molar-refractivity contribution in [3.63, 3.8) is 0 Å². The molecule has 0 fully saturated rings. The van der Waals surface area contributed by atoms with Crippen LogP contribution in [0.1, 0.15) is 42.4 Å². The monoisotopic (exact) mass is 384 g/mol. The van der Waals surface area contributed by atoms with Crippen molar-refractivity contribution < 1.29 is 0 Å². The molecule has 1 aromatic heterocycles. The van der Waals surface area contributed by atoms with Crippen LogP contribution in [0.5, 0.6) is 0 Å². The summed E-state index contributed by atoms with van der Waals surface area (Å²) in [6.07, 6.45) is 3.95. The Morgan fingerprint density at radius 1 is 1.21 bits per heavy atom. The lowest BCUT2D eigenvalue weighted by Gasteiger charge is -2.14. The van der Waals surface area contributed by atoms with Gasteiger partial charge in [0.1, 0.15) is 0 Å². The first-order valence-electron chi connectivity index (χ1n) is 6.50. The van der Waals surface area contributed by atoms with Crippen molar-refractivity contribution in [2.75, 3.05) is 0 Å². The number of nitrogens with zero attached hydrogens (tertiary/aromatic N) is 2.